The van der Waals surface area contributed by atoms with E-state index in [-0.39, 0.29) is 24.0 Å². The number of hydrogen-bond donors (Lipinski definition) is 1. The van der Waals surface area contributed by atoms with E-state index in [1.807, 2.05) is 18.7 Å². The zero-order chi connectivity index (χ0) is 14.5. The van der Waals surface area contributed by atoms with Gasteiger partial charge in [0.2, 0.25) is 0 Å². The van der Waals surface area contributed by atoms with Crippen molar-refractivity contribution in [3.05, 3.63) is 17.5 Å². The van der Waals surface area contributed by atoms with Gasteiger partial charge in [-0.05, 0) is 25.8 Å². The number of nitrogens with zero attached hydrogens (tertiary/aromatic N) is 4. The van der Waals surface area contributed by atoms with Crippen molar-refractivity contribution in [3.63, 3.8) is 0 Å². The molecule has 1 aliphatic rings. The summed E-state index contributed by atoms with van der Waals surface area (Å²) in [6, 6.07) is 2.11. The molecular weight excluding hydrogens is 397 g/mol. The highest BCUT2D eigenvalue weighted by Crippen LogP contribution is 2.10. The van der Waals surface area contributed by atoms with Gasteiger partial charge >= 0.3 is 0 Å². The Kier molecular flexibility index (Phi) is 7.86. The third-order valence-electron chi connectivity index (χ3n) is 3.49. The fourth-order valence-corrected chi connectivity index (χ4v) is 3.26. The molecule has 0 bridgehead atoms. The fourth-order valence-electron chi connectivity index (χ4n) is 2.35. The average Bonchev–Trinajstić information content (AvgIpc) is 2.75. The Labute approximate surface area is 148 Å². The number of rotatable bonds is 4. The molecule has 0 aromatic carbocycles. The summed E-state index contributed by atoms with van der Waals surface area (Å²) in [4.78, 5) is 6.74. The predicted molar refractivity (Wildman–Crippen MR) is 102 cm³/mol. The molecule has 0 radical (unpaired) electrons. The molecule has 7 heteroatoms. The molecule has 1 atom stereocenters. The van der Waals surface area contributed by atoms with Gasteiger partial charge in [0.1, 0.15) is 0 Å². The molecule has 0 spiro atoms. The van der Waals surface area contributed by atoms with E-state index >= 15 is 0 Å². The first kappa shape index (κ1) is 18.6. The van der Waals surface area contributed by atoms with Gasteiger partial charge in [0, 0.05) is 43.4 Å². The van der Waals surface area contributed by atoms with Crippen molar-refractivity contribution in [2.75, 3.05) is 31.1 Å². The van der Waals surface area contributed by atoms with Gasteiger partial charge in [-0.1, -0.05) is 6.92 Å². The predicted octanol–water partition coefficient (Wildman–Crippen LogP) is 2.12. The second-order valence-electron chi connectivity index (χ2n) is 5.51. The Bertz CT molecular complexity index is 468. The topological polar surface area (TPSA) is 59.4 Å². The lowest BCUT2D eigenvalue weighted by molar-refractivity contribution is 0.433. The molecule has 1 unspecified atom stereocenters. The van der Waals surface area contributed by atoms with E-state index in [0.29, 0.717) is 11.9 Å². The van der Waals surface area contributed by atoms with Crippen molar-refractivity contribution in [1.82, 2.24) is 14.7 Å². The van der Waals surface area contributed by atoms with E-state index in [1.54, 1.807) is 0 Å². The summed E-state index contributed by atoms with van der Waals surface area (Å²) in [6.45, 7) is 10.0. The average molecular weight is 423 g/mol. The molecule has 1 saturated heterocycles. The molecule has 120 valence electrons. The first-order valence-electron chi connectivity index (χ1n) is 7.20. The standard InChI is InChI=1S/C14H25N5S.HI/c1-11(10-19-13(3)8-12(2)17-19)9-16-14(15)18-4-6-20-7-5-18;/h8,11H,4-7,9-10H2,1-3H3,(H2,15,16);1H. The van der Waals surface area contributed by atoms with Crippen molar-refractivity contribution >= 4 is 41.7 Å². The summed E-state index contributed by atoms with van der Waals surface area (Å²) in [5.41, 5.74) is 8.35. The summed E-state index contributed by atoms with van der Waals surface area (Å²) < 4.78 is 2.06. The number of aryl methyl sites for hydroxylation is 2. The number of halogens is 1. The van der Waals surface area contributed by atoms with Crippen molar-refractivity contribution in [1.29, 1.82) is 0 Å². The Balaban J connectivity index is 0.00000220. The maximum atomic E-state index is 6.07. The Morgan fingerprint density at radius 3 is 2.67 bits per heavy atom. The lowest BCUT2D eigenvalue weighted by atomic mass is 10.2. The van der Waals surface area contributed by atoms with Crippen LogP contribution in [0, 0.1) is 19.8 Å². The summed E-state index contributed by atoms with van der Waals surface area (Å²) in [7, 11) is 0. The first-order valence-corrected chi connectivity index (χ1v) is 8.35. The molecule has 2 N–H and O–H groups in total. The van der Waals surface area contributed by atoms with Crippen LogP contribution in [0.25, 0.3) is 0 Å². The SMILES string of the molecule is Cc1cc(C)n(CC(C)CN=C(N)N2CCSCC2)n1.I. The fraction of sp³-hybridized carbons (Fsp3) is 0.714. The molecule has 1 fully saturated rings. The van der Waals surface area contributed by atoms with E-state index in [9.17, 15) is 0 Å². The molecule has 2 heterocycles. The lowest BCUT2D eigenvalue weighted by Gasteiger charge is -2.27. The summed E-state index contributed by atoms with van der Waals surface area (Å²) in [5.74, 6) is 3.44. The summed E-state index contributed by atoms with van der Waals surface area (Å²) in [6.07, 6.45) is 0. The minimum atomic E-state index is 0. The van der Waals surface area contributed by atoms with E-state index in [0.717, 1.165) is 43.4 Å². The number of guanidine groups is 1. The maximum Gasteiger partial charge on any atom is 0.191 e. The van der Waals surface area contributed by atoms with Crippen LogP contribution in [-0.2, 0) is 6.54 Å². The van der Waals surface area contributed by atoms with Gasteiger partial charge in [0.05, 0.1) is 5.69 Å². The third kappa shape index (κ3) is 5.69. The Morgan fingerprint density at radius 2 is 2.10 bits per heavy atom. The van der Waals surface area contributed by atoms with E-state index in [4.69, 9.17) is 5.73 Å². The molecule has 1 aromatic rings. The highest BCUT2D eigenvalue weighted by Gasteiger charge is 2.13. The van der Waals surface area contributed by atoms with Crippen LogP contribution in [0.5, 0.6) is 0 Å². The molecule has 0 amide bonds. The number of aliphatic imine (C=N–C) groups is 1. The van der Waals surface area contributed by atoms with Crippen LogP contribution in [0.15, 0.2) is 11.1 Å². The second kappa shape index (κ2) is 8.87. The molecule has 0 aliphatic carbocycles. The van der Waals surface area contributed by atoms with Crippen molar-refractivity contribution < 1.29 is 0 Å². The maximum absolute atomic E-state index is 6.07. The minimum Gasteiger partial charge on any atom is -0.370 e. The minimum absolute atomic E-state index is 0. The van der Waals surface area contributed by atoms with Crippen molar-refractivity contribution in [2.45, 2.75) is 27.3 Å². The van der Waals surface area contributed by atoms with E-state index in [1.165, 1.54) is 5.69 Å². The van der Waals surface area contributed by atoms with Crippen LogP contribution in [0.4, 0.5) is 0 Å². The highest BCUT2D eigenvalue weighted by atomic mass is 127. The third-order valence-corrected chi connectivity index (χ3v) is 4.43. The molecule has 0 saturated carbocycles. The smallest absolute Gasteiger partial charge is 0.191 e. The Hall–Kier alpha value is -0.440. The first-order chi connectivity index (χ1) is 9.56. The zero-order valence-corrected chi connectivity index (χ0v) is 16.2. The number of aromatic nitrogens is 2. The van der Waals surface area contributed by atoms with Gasteiger partial charge in [-0.25, -0.2) is 0 Å². The largest absolute Gasteiger partial charge is 0.370 e. The van der Waals surface area contributed by atoms with Gasteiger partial charge in [-0.2, -0.15) is 16.9 Å². The van der Waals surface area contributed by atoms with Crippen LogP contribution in [0.1, 0.15) is 18.3 Å². The van der Waals surface area contributed by atoms with Crippen LogP contribution in [-0.4, -0.2) is 51.8 Å². The zero-order valence-electron chi connectivity index (χ0n) is 13.1. The second-order valence-corrected chi connectivity index (χ2v) is 6.74. The van der Waals surface area contributed by atoms with Gasteiger partial charge in [-0.15, -0.1) is 24.0 Å². The van der Waals surface area contributed by atoms with E-state index < -0.39 is 0 Å². The number of hydrogen-bond acceptors (Lipinski definition) is 3. The van der Waals surface area contributed by atoms with Crippen LogP contribution < -0.4 is 5.73 Å². The molecule has 1 aromatic heterocycles. The van der Waals surface area contributed by atoms with Crippen molar-refractivity contribution in [3.8, 4) is 0 Å². The summed E-state index contributed by atoms with van der Waals surface area (Å²) in [5, 5.41) is 4.49. The lowest BCUT2D eigenvalue weighted by Crippen LogP contribution is -2.42. The highest BCUT2D eigenvalue weighted by molar-refractivity contribution is 14.0. The van der Waals surface area contributed by atoms with Gasteiger partial charge < -0.3 is 10.6 Å². The molecular formula is C14H26IN5S. The van der Waals surface area contributed by atoms with Gasteiger partial charge in [0.15, 0.2) is 5.96 Å². The summed E-state index contributed by atoms with van der Waals surface area (Å²) >= 11 is 1.98. The number of thioether (sulfide) groups is 1. The van der Waals surface area contributed by atoms with Crippen molar-refractivity contribution in [2.24, 2.45) is 16.6 Å². The molecule has 2 rings (SSSR count). The normalized spacial score (nSPS) is 17.5. The number of nitrogens with two attached hydrogens (primary N) is 1. The molecule has 5 nitrogen and oxygen atoms in total. The van der Waals surface area contributed by atoms with E-state index in [2.05, 4.69) is 39.6 Å². The van der Waals surface area contributed by atoms with Crippen LogP contribution >= 0.6 is 35.7 Å². The Morgan fingerprint density at radius 1 is 1.43 bits per heavy atom. The van der Waals surface area contributed by atoms with Crippen LogP contribution in [0.3, 0.4) is 0 Å². The van der Waals surface area contributed by atoms with Crippen LogP contribution in [0.2, 0.25) is 0 Å². The van der Waals surface area contributed by atoms with Gasteiger partial charge in [0.25, 0.3) is 0 Å². The molecule has 21 heavy (non-hydrogen) atoms. The monoisotopic (exact) mass is 423 g/mol. The quantitative estimate of drug-likeness (QED) is 0.458. The van der Waals surface area contributed by atoms with Gasteiger partial charge in [-0.3, -0.25) is 9.67 Å². The molecule has 1 aliphatic heterocycles.